The zero-order valence-electron chi connectivity index (χ0n) is 10.6. The Morgan fingerprint density at radius 3 is 2.56 bits per heavy atom. The van der Waals surface area contributed by atoms with Crippen molar-refractivity contribution in [2.24, 2.45) is 5.73 Å². The van der Waals surface area contributed by atoms with Gasteiger partial charge in [-0.05, 0) is 40.0 Å². The van der Waals surface area contributed by atoms with Gasteiger partial charge in [0, 0.05) is 12.1 Å². The van der Waals surface area contributed by atoms with Crippen molar-refractivity contribution < 1.29 is 9.53 Å². The highest BCUT2D eigenvalue weighted by Crippen LogP contribution is 2.17. The van der Waals surface area contributed by atoms with E-state index in [4.69, 9.17) is 10.5 Å². The number of nitrogens with one attached hydrogen (secondary N) is 1. The zero-order chi connectivity index (χ0) is 12.2. The number of nitrogens with two attached hydrogens (primary N) is 1. The Morgan fingerprint density at radius 1 is 1.31 bits per heavy atom. The molecule has 16 heavy (non-hydrogen) atoms. The highest BCUT2D eigenvalue weighted by molar-refractivity contribution is 5.68. The zero-order valence-corrected chi connectivity index (χ0v) is 10.6. The molecule has 0 heterocycles. The van der Waals surface area contributed by atoms with Gasteiger partial charge in [0.05, 0.1) is 0 Å². The van der Waals surface area contributed by atoms with Gasteiger partial charge in [0.25, 0.3) is 0 Å². The Morgan fingerprint density at radius 2 is 1.94 bits per heavy atom. The maximum absolute atomic E-state index is 11.6. The molecule has 1 aliphatic rings. The van der Waals surface area contributed by atoms with Crippen molar-refractivity contribution in [2.75, 3.05) is 0 Å². The van der Waals surface area contributed by atoms with Crippen molar-refractivity contribution >= 4 is 6.09 Å². The molecule has 1 amide bonds. The molecule has 0 aromatic carbocycles. The van der Waals surface area contributed by atoms with E-state index in [2.05, 4.69) is 5.32 Å². The second kappa shape index (κ2) is 5.53. The maximum Gasteiger partial charge on any atom is 0.407 e. The number of ether oxygens (including phenoxy) is 1. The molecule has 0 saturated heterocycles. The van der Waals surface area contributed by atoms with Crippen LogP contribution in [0.15, 0.2) is 0 Å². The fourth-order valence-electron chi connectivity index (χ4n) is 2.00. The lowest BCUT2D eigenvalue weighted by Gasteiger charge is -2.23. The minimum atomic E-state index is -0.434. The van der Waals surface area contributed by atoms with Crippen LogP contribution in [0.25, 0.3) is 0 Å². The molecule has 4 heteroatoms. The van der Waals surface area contributed by atoms with E-state index < -0.39 is 5.60 Å². The first kappa shape index (κ1) is 13.3. The third-order valence-corrected chi connectivity index (χ3v) is 2.69. The number of rotatable bonds is 1. The average Bonchev–Trinajstić information content (AvgIpc) is 2.26. The van der Waals surface area contributed by atoms with Crippen molar-refractivity contribution in [2.45, 2.75) is 70.6 Å². The summed E-state index contributed by atoms with van der Waals surface area (Å²) in [5, 5.41) is 2.90. The molecule has 1 saturated carbocycles. The van der Waals surface area contributed by atoms with E-state index in [0.29, 0.717) is 0 Å². The Balaban J connectivity index is 2.37. The van der Waals surface area contributed by atoms with Crippen LogP contribution in [0.5, 0.6) is 0 Å². The minimum absolute atomic E-state index is 0.173. The number of amides is 1. The lowest BCUT2D eigenvalue weighted by molar-refractivity contribution is 0.0499. The van der Waals surface area contributed by atoms with E-state index >= 15 is 0 Å². The van der Waals surface area contributed by atoms with E-state index in [1.165, 1.54) is 0 Å². The number of carbonyl (C=O) groups excluding carboxylic acids is 1. The summed E-state index contributed by atoms with van der Waals surface area (Å²) in [5.41, 5.74) is 5.50. The van der Waals surface area contributed by atoms with Crippen LogP contribution in [0, 0.1) is 0 Å². The van der Waals surface area contributed by atoms with Gasteiger partial charge < -0.3 is 15.8 Å². The fraction of sp³-hybridized carbons (Fsp3) is 0.917. The fourth-order valence-corrected chi connectivity index (χ4v) is 2.00. The molecule has 0 spiro atoms. The maximum atomic E-state index is 11.6. The van der Waals surface area contributed by atoms with Crippen LogP contribution in [0.1, 0.15) is 52.9 Å². The molecule has 2 atom stereocenters. The first-order valence-corrected chi connectivity index (χ1v) is 6.12. The summed E-state index contributed by atoms with van der Waals surface area (Å²) in [5.74, 6) is 0. The summed E-state index contributed by atoms with van der Waals surface area (Å²) in [6.45, 7) is 5.60. The first-order valence-electron chi connectivity index (χ1n) is 6.12. The lowest BCUT2D eigenvalue weighted by Crippen LogP contribution is -2.41. The number of carbonyl (C=O) groups is 1. The molecule has 94 valence electrons. The Kier molecular flexibility index (Phi) is 4.59. The van der Waals surface area contributed by atoms with Crippen LogP contribution < -0.4 is 11.1 Å². The molecule has 1 aliphatic carbocycles. The molecular formula is C12H24N2O2. The molecule has 0 aromatic heterocycles. The quantitative estimate of drug-likeness (QED) is 0.676. The van der Waals surface area contributed by atoms with Gasteiger partial charge in [-0.15, -0.1) is 0 Å². The lowest BCUT2D eigenvalue weighted by atomic mass is 10.1. The van der Waals surface area contributed by atoms with Crippen molar-refractivity contribution in [1.82, 2.24) is 5.32 Å². The number of alkyl carbamates (subject to hydrolysis) is 1. The van der Waals surface area contributed by atoms with Crippen LogP contribution in [0.3, 0.4) is 0 Å². The smallest absolute Gasteiger partial charge is 0.407 e. The minimum Gasteiger partial charge on any atom is -0.444 e. The van der Waals surface area contributed by atoms with Gasteiger partial charge in [-0.3, -0.25) is 0 Å². The second-order valence-corrected chi connectivity index (χ2v) is 5.62. The van der Waals surface area contributed by atoms with Gasteiger partial charge in [-0.1, -0.05) is 12.8 Å². The molecule has 0 bridgehead atoms. The molecule has 3 N–H and O–H groups in total. The van der Waals surface area contributed by atoms with Crippen LogP contribution >= 0.6 is 0 Å². The largest absolute Gasteiger partial charge is 0.444 e. The summed E-state index contributed by atoms with van der Waals surface area (Å²) < 4.78 is 5.23. The van der Waals surface area contributed by atoms with Crippen LogP contribution in [-0.2, 0) is 4.74 Å². The average molecular weight is 228 g/mol. The van der Waals surface area contributed by atoms with E-state index in [-0.39, 0.29) is 18.2 Å². The summed E-state index contributed by atoms with van der Waals surface area (Å²) in [4.78, 5) is 11.6. The highest BCUT2D eigenvalue weighted by Gasteiger charge is 2.22. The predicted octanol–water partition coefficient (Wildman–Crippen LogP) is 2.17. The summed E-state index contributed by atoms with van der Waals surface area (Å²) in [6.07, 6.45) is 4.90. The van der Waals surface area contributed by atoms with E-state index in [0.717, 1.165) is 32.1 Å². The van der Waals surface area contributed by atoms with Gasteiger partial charge in [0.1, 0.15) is 5.60 Å². The van der Waals surface area contributed by atoms with Crippen molar-refractivity contribution in [3.8, 4) is 0 Å². The Hall–Kier alpha value is -0.770. The molecule has 0 aromatic rings. The molecule has 0 radical (unpaired) electrons. The van der Waals surface area contributed by atoms with Crippen molar-refractivity contribution in [1.29, 1.82) is 0 Å². The van der Waals surface area contributed by atoms with Gasteiger partial charge in [-0.2, -0.15) is 0 Å². The van der Waals surface area contributed by atoms with Crippen LogP contribution in [-0.4, -0.2) is 23.8 Å². The van der Waals surface area contributed by atoms with Crippen molar-refractivity contribution in [3.05, 3.63) is 0 Å². The standard InChI is InChI=1S/C12H24N2O2/c1-12(2,3)16-11(15)14-10-7-5-4-6-9(13)8-10/h9-10H,4-8,13H2,1-3H3,(H,14,15)/t9-,10-/m1/s1. The Bertz CT molecular complexity index is 236. The molecule has 1 rings (SSSR count). The molecule has 0 unspecified atom stereocenters. The third-order valence-electron chi connectivity index (χ3n) is 2.69. The summed E-state index contributed by atoms with van der Waals surface area (Å²) in [6, 6.07) is 0.384. The first-order chi connectivity index (χ1) is 7.37. The van der Waals surface area contributed by atoms with Crippen LogP contribution in [0.2, 0.25) is 0 Å². The van der Waals surface area contributed by atoms with E-state index in [1.807, 2.05) is 20.8 Å². The van der Waals surface area contributed by atoms with E-state index in [1.54, 1.807) is 0 Å². The highest BCUT2D eigenvalue weighted by atomic mass is 16.6. The van der Waals surface area contributed by atoms with Gasteiger partial charge in [0.15, 0.2) is 0 Å². The van der Waals surface area contributed by atoms with Gasteiger partial charge in [0.2, 0.25) is 0 Å². The van der Waals surface area contributed by atoms with Crippen LogP contribution in [0.4, 0.5) is 4.79 Å². The summed E-state index contributed by atoms with van der Waals surface area (Å²) >= 11 is 0. The Labute approximate surface area is 97.9 Å². The second-order valence-electron chi connectivity index (χ2n) is 5.62. The SMILES string of the molecule is CC(C)(C)OC(=O)N[C@@H]1CCCC[C@@H](N)C1. The van der Waals surface area contributed by atoms with E-state index in [9.17, 15) is 4.79 Å². The predicted molar refractivity (Wildman–Crippen MR) is 64.2 cm³/mol. The third kappa shape index (κ3) is 5.35. The number of hydrogen-bond acceptors (Lipinski definition) is 3. The van der Waals surface area contributed by atoms with Gasteiger partial charge in [-0.25, -0.2) is 4.79 Å². The molecule has 4 nitrogen and oxygen atoms in total. The summed E-state index contributed by atoms with van der Waals surface area (Å²) in [7, 11) is 0. The molecular weight excluding hydrogens is 204 g/mol. The topological polar surface area (TPSA) is 64.3 Å². The molecule has 1 fully saturated rings. The monoisotopic (exact) mass is 228 g/mol. The van der Waals surface area contributed by atoms with Gasteiger partial charge >= 0.3 is 6.09 Å². The van der Waals surface area contributed by atoms with Crippen molar-refractivity contribution in [3.63, 3.8) is 0 Å². The number of hydrogen-bond donors (Lipinski definition) is 2. The normalized spacial score (nSPS) is 27.0. The molecule has 0 aliphatic heterocycles.